The van der Waals surface area contributed by atoms with Crippen molar-refractivity contribution in [2.24, 2.45) is 5.73 Å². The molecule has 0 bridgehead atoms. The number of halogens is 1. The van der Waals surface area contributed by atoms with Crippen LogP contribution in [0.2, 0.25) is 0 Å². The molecule has 2 N–H and O–H groups in total. The van der Waals surface area contributed by atoms with Crippen LogP contribution in [0.5, 0.6) is 0 Å². The van der Waals surface area contributed by atoms with E-state index < -0.39 is 5.82 Å². The molecule has 1 amide bonds. The van der Waals surface area contributed by atoms with Gasteiger partial charge < -0.3 is 10.6 Å². The van der Waals surface area contributed by atoms with Gasteiger partial charge in [0.25, 0.3) is 5.91 Å². The number of carbonyl (C=O) groups excluding carboxylic acids is 1. The average Bonchev–Trinajstić information content (AvgIpc) is 3.00. The van der Waals surface area contributed by atoms with Gasteiger partial charge in [-0.3, -0.25) is 4.79 Å². The summed E-state index contributed by atoms with van der Waals surface area (Å²) in [4.78, 5) is 18.1. The molecule has 0 unspecified atom stereocenters. The highest BCUT2D eigenvalue weighted by atomic mass is 19.1. The van der Waals surface area contributed by atoms with E-state index >= 15 is 0 Å². The zero-order chi connectivity index (χ0) is 15.7. The minimum absolute atomic E-state index is 0.0642. The van der Waals surface area contributed by atoms with E-state index in [1.165, 1.54) is 29.5 Å². The van der Waals surface area contributed by atoms with Gasteiger partial charge in [-0.25, -0.2) is 14.1 Å². The van der Waals surface area contributed by atoms with Gasteiger partial charge in [0.2, 0.25) is 0 Å². The predicted molar refractivity (Wildman–Crippen MR) is 79.0 cm³/mol. The Balaban J connectivity index is 1.83. The summed E-state index contributed by atoms with van der Waals surface area (Å²) in [6, 6.07) is 4.60. The number of nitrogens with zero attached hydrogens (tertiary/aromatic N) is 4. The fraction of sp³-hybridized carbons (Fsp3) is 0.400. The summed E-state index contributed by atoms with van der Waals surface area (Å²) in [5.74, 6) is -0.666. The smallest absolute Gasteiger partial charge is 0.254 e. The zero-order valence-corrected chi connectivity index (χ0v) is 12.3. The topological polar surface area (TPSA) is 77.0 Å². The second-order valence-electron chi connectivity index (χ2n) is 5.64. The Morgan fingerprint density at radius 3 is 2.91 bits per heavy atom. The van der Waals surface area contributed by atoms with Crippen LogP contribution in [0.3, 0.4) is 0 Å². The molecule has 1 saturated heterocycles. The first-order chi connectivity index (χ1) is 10.6. The normalized spacial score (nSPS) is 21.9. The molecule has 1 aromatic heterocycles. The van der Waals surface area contributed by atoms with Crippen molar-refractivity contribution in [1.82, 2.24) is 19.7 Å². The predicted octanol–water partition coefficient (Wildman–Crippen LogP) is 1.36. The van der Waals surface area contributed by atoms with Gasteiger partial charge in [0.15, 0.2) is 0 Å². The minimum Gasteiger partial charge on any atom is -0.336 e. The van der Waals surface area contributed by atoms with Crippen LogP contribution in [-0.2, 0) is 0 Å². The van der Waals surface area contributed by atoms with Crippen LogP contribution in [-0.4, -0.2) is 44.2 Å². The van der Waals surface area contributed by atoms with E-state index in [0.717, 1.165) is 12.8 Å². The number of benzene rings is 1. The van der Waals surface area contributed by atoms with E-state index in [4.69, 9.17) is 5.73 Å². The molecule has 6 nitrogen and oxygen atoms in total. The lowest BCUT2D eigenvalue weighted by molar-refractivity contribution is 0.0618. The second kappa shape index (κ2) is 5.84. The van der Waals surface area contributed by atoms with Gasteiger partial charge in [0.1, 0.15) is 24.2 Å². The molecule has 116 valence electrons. The maximum atomic E-state index is 14.2. The van der Waals surface area contributed by atoms with E-state index in [1.807, 2.05) is 6.92 Å². The molecule has 1 fully saturated rings. The number of nitrogens with two attached hydrogens (primary N) is 1. The molecule has 1 aliphatic heterocycles. The van der Waals surface area contributed by atoms with Crippen molar-refractivity contribution in [3.63, 3.8) is 0 Å². The Kier molecular flexibility index (Phi) is 3.89. The number of hydrogen-bond acceptors (Lipinski definition) is 4. The third-order valence-electron chi connectivity index (χ3n) is 4.04. The highest BCUT2D eigenvalue weighted by Crippen LogP contribution is 2.21. The number of hydrogen-bond donors (Lipinski definition) is 1. The summed E-state index contributed by atoms with van der Waals surface area (Å²) in [5, 5.41) is 3.89. The average molecular weight is 303 g/mol. The maximum Gasteiger partial charge on any atom is 0.254 e. The Labute approximate surface area is 127 Å². The lowest BCUT2D eigenvalue weighted by atomic mass is 9.98. The fourth-order valence-corrected chi connectivity index (χ4v) is 2.83. The molecular weight excluding hydrogens is 285 g/mol. The van der Waals surface area contributed by atoms with Crippen molar-refractivity contribution in [2.75, 3.05) is 6.54 Å². The third-order valence-corrected chi connectivity index (χ3v) is 4.04. The standard InChI is InChI=1S/C15H18FN5O/c1-10-6-12(17)4-5-20(10)15(22)11-2-3-14(13(16)7-11)21-9-18-8-19-21/h2-3,7-10,12H,4-6,17H2,1H3/t10-,12+/m1/s1. The first kappa shape index (κ1) is 14.6. The van der Waals surface area contributed by atoms with E-state index in [-0.39, 0.29) is 23.7 Å². The molecule has 2 aromatic rings. The van der Waals surface area contributed by atoms with Crippen molar-refractivity contribution in [1.29, 1.82) is 0 Å². The second-order valence-corrected chi connectivity index (χ2v) is 5.64. The fourth-order valence-electron chi connectivity index (χ4n) is 2.83. The Morgan fingerprint density at radius 1 is 1.45 bits per heavy atom. The molecule has 2 heterocycles. The molecule has 1 aliphatic rings. The van der Waals surface area contributed by atoms with E-state index in [0.29, 0.717) is 12.1 Å². The van der Waals surface area contributed by atoms with Gasteiger partial charge >= 0.3 is 0 Å². The molecule has 22 heavy (non-hydrogen) atoms. The van der Waals surface area contributed by atoms with Crippen LogP contribution in [0.1, 0.15) is 30.1 Å². The number of carbonyl (C=O) groups is 1. The van der Waals surface area contributed by atoms with Gasteiger partial charge in [-0.2, -0.15) is 5.10 Å². The number of aromatic nitrogens is 3. The van der Waals surface area contributed by atoms with E-state index in [2.05, 4.69) is 10.1 Å². The summed E-state index contributed by atoms with van der Waals surface area (Å²) in [6.45, 7) is 2.57. The van der Waals surface area contributed by atoms with Gasteiger partial charge in [-0.05, 0) is 38.0 Å². The van der Waals surface area contributed by atoms with Crippen molar-refractivity contribution < 1.29 is 9.18 Å². The number of amides is 1. The molecule has 0 radical (unpaired) electrons. The summed E-state index contributed by atoms with van der Waals surface area (Å²) in [5.41, 5.74) is 6.51. The van der Waals surface area contributed by atoms with Crippen molar-refractivity contribution >= 4 is 5.91 Å². The first-order valence-corrected chi connectivity index (χ1v) is 7.27. The Hall–Kier alpha value is -2.28. The van der Waals surface area contributed by atoms with Gasteiger partial charge in [-0.1, -0.05) is 0 Å². The van der Waals surface area contributed by atoms with Gasteiger partial charge in [0, 0.05) is 24.2 Å². The first-order valence-electron chi connectivity index (χ1n) is 7.27. The van der Waals surface area contributed by atoms with E-state index in [1.54, 1.807) is 11.0 Å². The monoisotopic (exact) mass is 303 g/mol. The Bertz CT molecular complexity index is 673. The molecule has 0 spiro atoms. The highest BCUT2D eigenvalue weighted by Gasteiger charge is 2.28. The van der Waals surface area contributed by atoms with Crippen LogP contribution in [0, 0.1) is 5.82 Å². The maximum absolute atomic E-state index is 14.2. The van der Waals surface area contributed by atoms with Gasteiger partial charge in [-0.15, -0.1) is 0 Å². The van der Waals surface area contributed by atoms with Gasteiger partial charge in [0.05, 0.1) is 0 Å². The van der Waals surface area contributed by atoms with E-state index in [9.17, 15) is 9.18 Å². The molecule has 7 heteroatoms. The highest BCUT2D eigenvalue weighted by molar-refractivity contribution is 5.94. The van der Waals surface area contributed by atoms with Crippen molar-refractivity contribution in [3.8, 4) is 5.69 Å². The Morgan fingerprint density at radius 2 is 2.27 bits per heavy atom. The van der Waals surface area contributed by atoms with Crippen LogP contribution >= 0.6 is 0 Å². The SMILES string of the molecule is C[C@@H]1C[C@@H](N)CCN1C(=O)c1ccc(-n2cncn2)c(F)c1. The summed E-state index contributed by atoms with van der Waals surface area (Å²) in [7, 11) is 0. The minimum atomic E-state index is -0.502. The third kappa shape index (κ3) is 2.71. The quantitative estimate of drug-likeness (QED) is 0.908. The lowest BCUT2D eigenvalue weighted by Crippen LogP contribution is -2.48. The largest absolute Gasteiger partial charge is 0.336 e. The summed E-state index contributed by atoms with van der Waals surface area (Å²) < 4.78 is 15.5. The van der Waals surface area contributed by atoms with Crippen LogP contribution in [0.15, 0.2) is 30.9 Å². The van der Waals surface area contributed by atoms with Crippen molar-refractivity contribution in [2.45, 2.75) is 31.8 Å². The van der Waals surface area contributed by atoms with Crippen LogP contribution < -0.4 is 5.73 Å². The number of piperidine rings is 1. The summed E-state index contributed by atoms with van der Waals surface area (Å²) in [6.07, 6.45) is 4.28. The lowest BCUT2D eigenvalue weighted by Gasteiger charge is -2.36. The van der Waals surface area contributed by atoms with Crippen LogP contribution in [0.25, 0.3) is 5.69 Å². The number of likely N-dealkylation sites (tertiary alicyclic amines) is 1. The molecule has 0 aliphatic carbocycles. The molecule has 1 aromatic carbocycles. The van der Waals surface area contributed by atoms with Crippen LogP contribution in [0.4, 0.5) is 4.39 Å². The molecular formula is C15H18FN5O. The molecule has 0 saturated carbocycles. The summed E-state index contributed by atoms with van der Waals surface area (Å²) >= 11 is 0. The molecule has 3 rings (SSSR count). The van der Waals surface area contributed by atoms with Crippen molar-refractivity contribution in [3.05, 3.63) is 42.2 Å². The molecule has 2 atom stereocenters. The number of rotatable bonds is 2. The zero-order valence-electron chi connectivity index (χ0n) is 12.3.